The van der Waals surface area contributed by atoms with Crippen LogP contribution >= 0.6 is 0 Å². The fourth-order valence-electron chi connectivity index (χ4n) is 1.74. The molecule has 0 rings (SSSR count). The van der Waals surface area contributed by atoms with E-state index in [0.717, 1.165) is 38.5 Å². The van der Waals surface area contributed by atoms with Gasteiger partial charge >= 0.3 is 17.9 Å². The van der Waals surface area contributed by atoms with Gasteiger partial charge in [-0.15, -0.1) is 0 Å². The second-order valence-corrected chi connectivity index (χ2v) is 6.82. The Bertz CT molecular complexity index is 407. The number of carbonyl (C=O) groups is 3. The molecule has 0 aromatic heterocycles. The van der Waals surface area contributed by atoms with E-state index >= 15 is 0 Å². The van der Waals surface area contributed by atoms with Crippen molar-refractivity contribution in [3.8, 4) is 0 Å². The predicted octanol–water partition coefficient (Wildman–Crippen LogP) is 2.28. The zero-order chi connectivity index (χ0) is 23.3. The summed E-state index contributed by atoms with van der Waals surface area (Å²) in [6.07, 6.45) is 6.42. The topological polar surface area (TPSA) is 173 Å². The largest absolute Gasteiger partial charge is 0.481 e. The van der Waals surface area contributed by atoms with Crippen LogP contribution in [0.25, 0.3) is 0 Å². The molecule has 0 radical (unpaired) electrons. The first-order valence-electron chi connectivity index (χ1n) is 9.66. The molecule has 0 fully saturated rings. The van der Waals surface area contributed by atoms with Crippen LogP contribution in [-0.4, -0.2) is 68.4 Å². The number of rotatable bonds is 14. The molecule has 0 aliphatic heterocycles. The van der Waals surface area contributed by atoms with E-state index in [9.17, 15) is 14.4 Å². The van der Waals surface area contributed by atoms with Crippen LogP contribution in [0.5, 0.6) is 0 Å². The number of hydrogen-bond donors (Lipinski definition) is 6. The molecule has 0 aliphatic rings. The van der Waals surface area contributed by atoms with Crippen LogP contribution in [0.3, 0.4) is 0 Å². The maximum absolute atomic E-state index is 10.1. The molecular formula is C20H38O9. The highest BCUT2D eigenvalue weighted by atomic mass is 16.4. The minimum absolute atomic E-state index is 0.156. The van der Waals surface area contributed by atoms with E-state index in [2.05, 4.69) is 6.58 Å². The smallest absolute Gasteiger partial charge is 0.330 e. The highest BCUT2D eigenvalue weighted by Gasteiger charge is 2.24. The van der Waals surface area contributed by atoms with E-state index in [1.54, 1.807) is 0 Å². The summed E-state index contributed by atoms with van der Waals surface area (Å²) >= 11 is 0. The van der Waals surface area contributed by atoms with Crippen molar-refractivity contribution in [3.63, 3.8) is 0 Å². The molecule has 0 aromatic carbocycles. The molecular weight excluding hydrogens is 384 g/mol. The monoisotopic (exact) mass is 422 g/mol. The van der Waals surface area contributed by atoms with Crippen molar-refractivity contribution in [1.82, 2.24) is 0 Å². The molecule has 9 nitrogen and oxygen atoms in total. The van der Waals surface area contributed by atoms with E-state index in [1.165, 1.54) is 6.92 Å². The summed E-state index contributed by atoms with van der Waals surface area (Å²) in [7, 11) is 0. The normalized spacial score (nSPS) is 10.1. The Morgan fingerprint density at radius 3 is 1.14 bits per heavy atom. The lowest BCUT2D eigenvalue weighted by molar-refractivity contribution is -0.138. The molecule has 0 aromatic rings. The molecule has 0 unspecified atom stereocenters. The summed E-state index contributed by atoms with van der Waals surface area (Å²) < 4.78 is 0. The maximum atomic E-state index is 10.1. The van der Waals surface area contributed by atoms with E-state index in [-0.39, 0.29) is 38.2 Å². The summed E-state index contributed by atoms with van der Waals surface area (Å²) in [6, 6.07) is 0. The molecule has 0 atom stereocenters. The maximum Gasteiger partial charge on any atom is 0.330 e. The molecule has 0 amide bonds. The van der Waals surface area contributed by atoms with Crippen LogP contribution in [-0.2, 0) is 14.4 Å². The summed E-state index contributed by atoms with van der Waals surface area (Å²) in [4.78, 5) is 29.9. The summed E-state index contributed by atoms with van der Waals surface area (Å²) in [5, 5.41) is 50.6. The van der Waals surface area contributed by atoms with Crippen LogP contribution in [0.2, 0.25) is 0 Å². The number of aliphatic hydroxyl groups excluding tert-OH is 3. The lowest BCUT2D eigenvalue weighted by Gasteiger charge is -2.24. The van der Waals surface area contributed by atoms with Gasteiger partial charge in [0.25, 0.3) is 0 Å². The van der Waals surface area contributed by atoms with Crippen LogP contribution in [0.1, 0.15) is 71.6 Å². The van der Waals surface area contributed by atoms with Gasteiger partial charge in [-0.3, -0.25) is 9.59 Å². The Morgan fingerprint density at radius 1 is 0.724 bits per heavy atom. The van der Waals surface area contributed by atoms with Crippen LogP contribution in [0.15, 0.2) is 12.2 Å². The molecule has 0 spiro atoms. The Balaban J connectivity index is -0.000000386. The fraction of sp³-hybridized carbons (Fsp3) is 0.750. The van der Waals surface area contributed by atoms with Crippen LogP contribution < -0.4 is 0 Å². The van der Waals surface area contributed by atoms with Gasteiger partial charge < -0.3 is 30.6 Å². The van der Waals surface area contributed by atoms with Crippen molar-refractivity contribution in [2.45, 2.75) is 71.6 Å². The fourth-order valence-corrected chi connectivity index (χ4v) is 1.74. The van der Waals surface area contributed by atoms with Crippen molar-refractivity contribution >= 4 is 17.9 Å². The minimum atomic E-state index is -0.935. The van der Waals surface area contributed by atoms with Gasteiger partial charge in [-0.25, -0.2) is 4.79 Å². The summed E-state index contributed by atoms with van der Waals surface area (Å²) in [5.74, 6) is -2.42. The molecule has 6 N–H and O–H groups in total. The SMILES string of the molecule is C=C(C)C(=O)O.CCC(CO)(CO)CO.O=C(O)CCCCCCCCC(=O)O. The van der Waals surface area contributed by atoms with E-state index < -0.39 is 23.3 Å². The van der Waals surface area contributed by atoms with Crippen molar-refractivity contribution in [2.75, 3.05) is 19.8 Å². The third-order valence-electron chi connectivity index (χ3n) is 4.15. The van der Waals surface area contributed by atoms with Gasteiger partial charge in [0, 0.05) is 23.8 Å². The number of carboxylic acids is 3. The number of aliphatic hydroxyl groups is 3. The van der Waals surface area contributed by atoms with E-state index in [0.29, 0.717) is 6.42 Å². The van der Waals surface area contributed by atoms with E-state index in [4.69, 9.17) is 30.6 Å². The number of hydrogen-bond acceptors (Lipinski definition) is 6. The van der Waals surface area contributed by atoms with Gasteiger partial charge in [-0.05, 0) is 26.2 Å². The first-order chi connectivity index (χ1) is 13.5. The van der Waals surface area contributed by atoms with Gasteiger partial charge in [-0.2, -0.15) is 0 Å². The molecule has 0 saturated carbocycles. The first kappa shape index (κ1) is 31.7. The van der Waals surface area contributed by atoms with Crippen LogP contribution in [0, 0.1) is 5.41 Å². The zero-order valence-corrected chi connectivity index (χ0v) is 17.6. The molecule has 0 aliphatic carbocycles. The van der Waals surface area contributed by atoms with Gasteiger partial charge in [-0.1, -0.05) is 39.2 Å². The Morgan fingerprint density at radius 2 is 1.00 bits per heavy atom. The second-order valence-electron chi connectivity index (χ2n) is 6.82. The molecule has 0 heterocycles. The lowest BCUT2D eigenvalue weighted by Crippen LogP contribution is -2.32. The van der Waals surface area contributed by atoms with Crippen molar-refractivity contribution in [2.24, 2.45) is 5.41 Å². The number of carboxylic acid groups (broad SMARTS) is 3. The third-order valence-corrected chi connectivity index (χ3v) is 4.15. The van der Waals surface area contributed by atoms with Crippen molar-refractivity contribution in [1.29, 1.82) is 0 Å². The third kappa shape index (κ3) is 24.0. The lowest BCUT2D eigenvalue weighted by atomic mass is 9.88. The Hall–Kier alpha value is -1.97. The molecule has 172 valence electrons. The number of aliphatic carboxylic acids is 3. The van der Waals surface area contributed by atoms with Crippen LogP contribution in [0.4, 0.5) is 0 Å². The first-order valence-corrected chi connectivity index (χ1v) is 9.66. The van der Waals surface area contributed by atoms with Gasteiger partial charge in [0.15, 0.2) is 0 Å². The summed E-state index contributed by atoms with van der Waals surface area (Å²) in [6.45, 7) is 5.96. The minimum Gasteiger partial charge on any atom is -0.481 e. The Labute approximate surface area is 172 Å². The quantitative estimate of drug-likeness (QED) is 0.181. The number of unbranched alkanes of at least 4 members (excludes halogenated alkanes) is 5. The molecule has 9 heteroatoms. The highest BCUT2D eigenvalue weighted by Crippen LogP contribution is 2.18. The molecule has 29 heavy (non-hydrogen) atoms. The van der Waals surface area contributed by atoms with Crippen molar-refractivity contribution in [3.05, 3.63) is 12.2 Å². The average Bonchev–Trinajstić information content (AvgIpc) is 2.66. The predicted molar refractivity (Wildman–Crippen MR) is 109 cm³/mol. The Kier molecular flexibility index (Phi) is 22.7. The van der Waals surface area contributed by atoms with Crippen molar-refractivity contribution < 1.29 is 45.0 Å². The average molecular weight is 423 g/mol. The molecule has 0 saturated heterocycles. The standard InChI is InChI=1S/C10H18O4.C6H14O3.C4H6O2/c11-9(12)7-5-3-1-2-4-6-8-10(13)14;1-2-6(3-7,4-8)5-9;1-3(2)4(5)6/h1-8H2,(H,11,12)(H,13,14);7-9H,2-5H2,1H3;1H2,2H3,(H,5,6). The van der Waals surface area contributed by atoms with Gasteiger partial charge in [0.05, 0.1) is 19.8 Å². The van der Waals surface area contributed by atoms with Gasteiger partial charge in [0.2, 0.25) is 0 Å². The molecule has 0 bridgehead atoms. The van der Waals surface area contributed by atoms with E-state index in [1.807, 2.05) is 6.92 Å². The second kappa shape index (κ2) is 20.8. The van der Waals surface area contributed by atoms with Gasteiger partial charge in [0.1, 0.15) is 0 Å². The zero-order valence-electron chi connectivity index (χ0n) is 17.6. The highest BCUT2D eigenvalue weighted by molar-refractivity contribution is 5.84. The summed E-state index contributed by atoms with van der Waals surface area (Å²) in [5.41, 5.74) is -0.491.